The molecule has 0 saturated heterocycles. The molecule has 1 amide bonds. The van der Waals surface area contributed by atoms with Crippen LogP contribution in [-0.2, 0) is 0 Å². The molecule has 6 nitrogen and oxygen atoms in total. The van der Waals surface area contributed by atoms with Crippen LogP contribution in [0.1, 0.15) is 21.6 Å². The molecule has 0 fully saturated rings. The lowest BCUT2D eigenvalue weighted by atomic mass is 10.0. The second-order valence-corrected chi connectivity index (χ2v) is 8.53. The summed E-state index contributed by atoms with van der Waals surface area (Å²) in [5, 5.41) is 8.77. The number of amides is 1. The van der Waals surface area contributed by atoms with Crippen molar-refractivity contribution >= 4 is 12.1 Å². The summed E-state index contributed by atoms with van der Waals surface area (Å²) in [4.78, 5) is 13.0. The molecule has 4 aromatic carbocycles. The number of rotatable bonds is 7. The Hall–Kier alpha value is -4.97. The molecule has 6 heteroatoms. The first-order valence-electron chi connectivity index (χ1n) is 11.9. The van der Waals surface area contributed by atoms with Gasteiger partial charge in [0.1, 0.15) is 5.75 Å². The fourth-order valence-corrected chi connectivity index (χ4v) is 4.09. The van der Waals surface area contributed by atoms with Gasteiger partial charge >= 0.3 is 0 Å². The van der Waals surface area contributed by atoms with E-state index in [9.17, 15) is 4.79 Å². The minimum absolute atomic E-state index is 0.271. The largest absolute Gasteiger partial charge is 0.497 e. The van der Waals surface area contributed by atoms with Gasteiger partial charge in [0.2, 0.25) is 0 Å². The number of nitrogens with one attached hydrogen (secondary N) is 1. The number of aromatic nitrogens is 2. The first kappa shape index (κ1) is 23.8. The van der Waals surface area contributed by atoms with Crippen molar-refractivity contribution in [2.45, 2.75) is 6.92 Å². The van der Waals surface area contributed by atoms with E-state index in [2.05, 4.69) is 52.0 Å². The van der Waals surface area contributed by atoms with Crippen LogP contribution in [0.3, 0.4) is 0 Å². The monoisotopic (exact) mass is 486 g/mol. The molecule has 1 aromatic heterocycles. The lowest BCUT2D eigenvalue weighted by molar-refractivity contribution is 0.0949. The van der Waals surface area contributed by atoms with E-state index >= 15 is 0 Å². The van der Waals surface area contributed by atoms with Gasteiger partial charge in [-0.05, 0) is 53.4 Å². The smallest absolute Gasteiger partial charge is 0.291 e. The van der Waals surface area contributed by atoms with E-state index in [4.69, 9.17) is 4.74 Å². The summed E-state index contributed by atoms with van der Waals surface area (Å²) in [6.45, 7) is 2.03. The average Bonchev–Trinajstić information content (AvgIpc) is 3.39. The summed E-state index contributed by atoms with van der Waals surface area (Å²) >= 11 is 0. The molecule has 0 aliphatic carbocycles. The van der Waals surface area contributed by atoms with Crippen LogP contribution in [0.2, 0.25) is 0 Å². The van der Waals surface area contributed by atoms with Crippen LogP contribution in [0.15, 0.2) is 114 Å². The summed E-state index contributed by atoms with van der Waals surface area (Å²) in [5.74, 6) is 0.323. The predicted molar refractivity (Wildman–Crippen MR) is 147 cm³/mol. The summed E-state index contributed by atoms with van der Waals surface area (Å²) in [5.41, 5.74) is 9.66. The maximum Gasteiger partial charge on any atom is 0.291 e. The number of hydrogen-bond acceptors (Lipinski definition) is 4. The van der Waals surface area contributed by atoms with Crippen LogP contribution >= 0.6 is 0 Å². The molecule has 0 aliphatic rings. The number of para-hydroxylation sites is 1. The quantitative estimate of drug-likeness (QED) is 0.217. The Kier molecular flexibility index (Phi) is 6.90. The molecule has 0 saturated carbocycles. The maximum atomic E-state index is 13.0. The Morgan fingerprint density at radius 3 is 2.30 bits per heavy atom. The molecule has 0 radical (unpaired) electrons. The molecule has 0 spiro atoms. The Morgan fingerprint density at radius 1 is 0.838 bits per heavy atom. The van der Waals surface area contributed by atoms with Crippen molar-refractivity contribution in [2.24, 2.45) is 5.10 Å². The topological polar surface area (TPSA) is 68.5 Å². The molecule has 0 aliphatic heterocycles. The number of aryl methyl sites for hydroxylation is 1. The van der Waals surface area contributed by atoms with Crippen molar-refractivity contribution in [3.05, 3.63) is 126 Å². The molecule has 1 N–H and O–H groups in total. The van der Waals surface area contributed by atoms with Gasteiger partial charge in [-0.1, -0.05) is 84.9 Å². The van der Waals surface area contributed by atoms with E-state index in [-0.39, 0.29) is 5.69 Å². The highest BCUT2D eigenvalue weighted by Crippen LogP contribution is 2.28. The van der Waals surface area contributed by atoms with Gasteiger partial charge in [-0.2, -0.15) is 10.2 Å². The highest BCUT2D eigenvalue weighted by molar-refractivity contribution is 5.94. The van der Waals surface area contributed by atoms with Gasteiger partial charge < -0.3 is 4.74 Å². The van der Waals surface area contributed by atoms with E-state index in [0.29, 0.717) is 0 Å². The lowest BCUT2D eigenvalue weighted by Crippen LogP contribution is -2.18. The normalized spacial score (nSPS) is 11.0. The number of hydrogen-bond donors (Lipinski definition) is 1. The minimum atomic E-state index is -0.395. The molecule has 0 bridgehead atoms. The molecule has 5 rings (SSSR count). The summed E-state index contributed by atoms with van der Waals surface area (Å²) in [6, 6.07) is 35.7. The lowest BCUT2D eigenvalue weighted by Gasteiger charge is -2.11. The Bertz CT molecular complexity index is 1550. The van der Waals surface area contributed by atoms with Gasteiger partial charge in [0.25, 0.3) is 5.91 Å². The van der Waals surface area contributed by atoms with Crippen LogP contribution < -0.4 is 10.2 Å². The molecule has 182 valence electrons. The van der Waals surface area contributed by atoms with Gasteiger partial charge in [-0.25, -0.2) is 10.1 Å². The molecule has 0 atom stereocenters. The molecule has 1 heterocycles. The van der Waals surface area contributed by atoms with Crippen LogP contribution in [0.4, 0.5) is 0 Å². The van der Waals surface area contributed by atoms with E-state index < -0.39 is 5.91 Å². The number of ether oxygens (including phenoxy) is 1. The van der Waals surface area contributed by atoms with Crippen LogP contribution in [-0.4, -0.2) is 29.0 Å². The molecule has 37 heavy (non-hydrogen) atoms. The third kappa shape index (κ3) is 5.33. The third-order valence-corrected chi connectivity index (χ3v) is 6.05. The van der Waals surface area contributed by atoms with Gasteiger partial charge in [0.05, 0.1) is 24.7 Å². The predicted octanol–water partition coefficient (Wildman–Crippen LogP) is 6.29. The first-order chi connectivity index (χ1) is 18.1. The molecular formula is C31H26N4O2. The standard InChI is InChI=1S/C31H26N4O2/c1-22-9-6-7-14-29(22)35-30(26-17-15-25(16-18-26)24-11-4-3-5-12-24)20-28(34-35)31(36)33-32-21-23-10-8-13-27(19-23)37-2/h3-21H,1-2H3,(H,33,36)/b32-21-. The second kappa shape index (κ2) is 10.7. The summed E-state index contributed by atoms with van der Waals surface area (Å²) in [7, 11) is 1.61. The maximum absolute atomic E-state index is 13.0. The van der Waals surface area contributed by atoms with Crippen molar-refractivity contribution in [1.29, 1.82) is 0 Å². The highest BCUT2D eigenvalue weighted by Gasteiger charge is 2.17. The zero-order valence-corrected chi connectivity index (χ0v) is 20.6. The van der Waals surface area contributed by atoms with Crippen molar-refractivity contribution in [3.8, 4) is 33.8 Å². The summed E-state index contributed by atoms with van der Waals surface area (Å²) < 4.78 is 7.04. The van der Waals surface area contributed by atoms with Gasteiger partial charge in [-0.15, -0.1) is 0 Å². The van der Waals surface area contributed by atoms with Crippen LogP contribution in [0.5, 0.6) is 5.75 Å². The fourth-order valence-electron chi connectivity index (χ4n) is 4.09. The van der Waals surface area contributed by atoms with Gasteiger partial charge in [0, 0.05) is 5.56 Å². The second-order valence-electron chi connectivity index (χ2n) is 8.53. The molecule has 5 aromatic rings. The van der Waals surface area contributed by atoms with E-state index in [1.54, 1.807) is 19.4 Å². The Balaban J connectivity index is 1.46. The van der Waals surface area contributed by atoms with Crippen molar-refractivity contribution in [2.75, 3.05) is 7.11 Å². The molecule has 0 unspecified atom stereocenters. The van der Waals surface area contributed by atoms with E-state index in [1.807, 2.05) is 78.3 Å². The van der Waals surface area contributed by atoms with Crippen LogP contribution in [0.25, 0.3) is 28.1 Å². The number of hydrazone groups is 1. The highest BCUT2D eigenvalue weighted by atomic mass is 16.5. The summed E-state index contributed by atoms with van der Waals surface area (Å²) in [6.07, 6.45) is 1.57. The van der Waals surface area contributed by atoms with Crippen molar-refractivity contribution in [3.63, 3.8) is 0 Å². The minimum Gasteiger partial charge on any atom is -0.497 e. The molecular weight excluding hydrogens is 460 g/mol. The Labute approximate surface area is 215 Å². The number of carbonyl (C=O) groups is 1. The first-order valence-corrected chi connectivity index (χ1v) is 11.9. The SMILES string of the molecule is COc1cccc(/C=N\NC(=O)c2cc(-c3ccc(-c4ccccc4)cc3)n(-c3ccccc3C)n2)c1. The van der Waals surface area contributed by atoms with E-state index in [1.165, 1.54) is 0 Å². The fraction of sp³-hybridized carbons (Fsp3) is 0.0645. The van der Waals surface area contributed by atoms with Gasteiger partial charge in [0.15, 0.2) is 5.69 Å². The third-order valence-electron chi connectivity index (χ3n) is 6.05. The van der Waals surface area contributed by atoms with E-state index in [0.717, 1.165) is 44.9 Å². The number of benzene rings is 4. The number of carbonyl (C=O) groups excluding carboxylic acids is 1. The van der Waals surface area contributed by atoms with Crippen LogP contribution in [0, 0.1) is 6.92 Å². The zero-order valence-electron chi connectivity index (χ0n) is 20.6. The van der Waals surface area contributed by atoms with Crippen molar-refractivity contribution in [1.82, 2.24) is 15.2 Å². The number of nitrogens with zero attached hydrogens (tertiary/aromatic N) is 3. The number of methoxy groups -OCH3 is 1. The van der Waals surface area contributed by atoms with Crippen molar-refractivity contribution < 1.29 is 9.53 Å². The average molecular weight is 487 g/mol. The zero-order chi connectivity index (χ0) is 25.6. The Morgan fingerprint density at radius 2 is 1.54 bits per heavy atom. The van der Waals surface area contributed by atoms with Gasteiger partial charge in [-0.3, -0.25) is 4.79 Å².